The SMILES string of the molecule is CCOC(=O)c1ccc(NC(=S)NN=Cc2cc(Cl)cc(Cl)c2O)cc1. The van der Waals surface area contributed by atoms with Crippen molar-refractivity contribution in [1.82, 2.24) is 5.43 Å². The molecule has 26 heavy (non-hydrogen) atoms. The minimum atomic E-state index is -0.385. The Morgan fingerprint density at radius 2 is 2.00 bits per heavy atom. The summed E-state index contributed by atoms with van der Waals surface area (Å²) in [5.41, 5.74) is 4.06. The Hall–Kier alpha value is -2.35. The average Bonchev–Trinajstić information content (AvgIpc) is 2.60. The number of phenolic OH excluding ortho intramolecular Hbond substituents is 1. The number of ether oxygens (including phenoxy) is 1. The number of phenols is 1. The van der Waals surface area contributed by atoms with Crippen molar-refractivity contribution in [3.05, 3.63) is 57.6 Å². The third-order valence-corrected chi connectivity index (χ3v) is 3.78. The van der Waals surface area contributed by atoms with Gasteiger partial charge in [-0.05, 0) is 55.5 Å². The number of hydrogen-bond acceptors (Lipinski definition) is 5. The second-order valence-electron chi connectivity index (χ2n) is 4.95. The summed E-state index contributed by atoms with van der Waals surface area (Å²) >= 11 is 16.8. The Morgan fingerprint density at radius 3 is 2.65 bits per heavy atom. The number of hydrazone groups is 1. The summed E-state index contributed by atoms with van der Waals surface area (Å²) in [5, 5.41) is 17.4. The molecule has 0 atom stereocenters. The zero-order valence-electron chi connectivity index (χ0n) is 13.6. The highest BCUT2D eigenvalue weighted by molar-refractivity contribution is 7.80. The van der Waals surface area contributed by atoms with Crippen LogP contribution in [0.25, 0.3) is 0 Å². The summed E-state index contributed by atoms with van der Waals surface area (Å²) in [5.74, 6) is -0.514. The fourth-order valence-electron chi connectivity index (χ4n) is 1.91. The molecular formula is C17H15Cl2N3O3S. The molecule has 0 aliphatic rings. The number of carbonyl (C=O) groups excluding carboxylic acids is 1. The molecule has 0 unspecified atom stereocenters. The molecule has 6 nitrogen and oxygen atoms in total. The van der Waals surface area contributed by atoms with Crippen LogP contribution < -0.4 is 10.7 Å². The van der Waals surface area contributed by atoms with Crippen LogP contribution in [0.5, 0.6) is 5.75 Å². The molecule has 0 aromatic heterocycles. The summed E-state index contributed by atoms with van der Waals surface area (Å²) in [7, 11) is 0. The molecular weight excluding hydrogens is 397 g/mol. The number of nitrogens with zero attached hydrogens (tertiary/aromatic N) is 1. The molecule has 0 bridgehead atoms. The monoisotopic (exact) mass is 411 g/mol. The third-order valence-electron chi connectivity index (χ3n) is 3.08. The molecule has 0 fully saturated rings. The van der Waals surface area contributed by atoms with E-state index in [-0.39, 0.29) is 21.9 Å². The fraction of sp³-hybridized carbons (Fsp3) is 0.118. The lowest BCUT2D eigenvalue weighted by Gasteiger charge is -2.08. The van der Waals surface area contributed by atoms with Gasteiger partial charge < -0.3 is 15.2 Å². The van der Waals surface area contributed by atoms with Gasteiger partial charge in [-0.2, -0.15) is 5.10 Å². The zero-order chi connectivity index (χ0) is 19.1. The summed E-state index contributed by atoms with van der Waals surface area (Å²) in [6.45, 7) is 2.06. The Labute approximate surface area is 165 Å². The second-order valence-corrected chi connectivity index (χ2v) is 6.20. The van der Waals surface area contributed by atoms with Crippen molar-refractivity contribution in [1.29, 1.82) is 0 Å². The Kier molecular flexibility index (Phi) is 7.20. The molecule has 2 aromatic carbocycles. The van der Waals surface area contributed by atoms with Crippen LogP contribution in [0, 0.1) is 0 Å². The molecule has 0 amide bonds. The van der Waals surface area contributed by atoms with Crippen molar-refractivity contribution < 1.29 is 14.6 Å². The number of esters is 1. The van der Waals surface area contributed by atoms with E-state index in [9.17, 15) is 9.90 Å². The van der Waals surface area contributed by atoms with E-state index in [0.717, 1.165) is 0 Å². The predicted molar refractivity (Wildman–Crippen MR) is 107 cm³/mol. The smallest absolute Gasteiger partial charge is 0.338 e. The molecule has 0 radical (unpaired) electrons. The van der Waals surface area contributed by atoms with E-state index in [1.54, 1.807) is 31.2 Å². The topological polar surface area (TPSA) is 83.0 Å². The number of aromatic hydroxyl groups is 1. The summed E-state index contributed by atoms with van der Waals surface area (Å²) in [4.78, 5) is 11.6. The lowest BCUT2D eigenvalue weighted by atomic mass is 10.2. The van der Waals surface area contributed by atoms with E-state index in [2.05, 4.69) is 15.8 Å². The predicted octanol–water partition coefficient (Wildman–Crippen LogP) is 4.20. The quantitative estimate of drug-likeness (QED) is 0.296. The van der Waals surface area contributed by atoms with Gasteiger partial charge in [-0.1, -0.05) is 23.2 Å². The number of halogens is 2. The van der Waals surface area contributed by atoms with Crippen molar-refractivity contribution >= 4 is 58.4 Å². The number of hydrogen-bond donors (Lipinski definition) is 3. The highest BCUT2D eigenvalue weighted by Gasteiger charge is 2.07. The number of thiocarbonyl (C=S) groups is 1. The van der Waals surface area contributed by atoms with Crippen LogP contribution in [-0.2, 0) is 4.74 Å². The fourth-order valence-corrected chi connectivity index (χ4v) is 2.59. The zero-order valence-corrected chi connectivity index (χ0v) is 16.0. The number of rotatable bonds is 5. The molecule has 2 aromatic rings. The molecule has 3 N–H and O–H groups in total. The summed E-state index contributed by atoms with van der Waals surface area (Å²) in [6, 6.07) is 9.56. The van der Waals surface area contributed by atoms with E-state index in [4.69, 9.17) is 40.2 Å². The first-order chi connectivity index (χ1) is 12.4. The highest BCUT2D eigenvalue weighted by Crippen LogP contribution is 2.29. The molecule has 0 heterocycles. The van der Waals surface area contributed by atoms with E-state index in [1.165, 1.54) is 18.3 Å². The lowest BCUT2D eigenvalue weighted by molar-refractivity contribution is 0.0526. The van der Waals surface area contributed by atoms with Crippen LogP contribution in [-0.4, -0.2) is 29.0 Å². The molecule has 0 aliphatic carbocycles. The van der Waals surface area contributed by atoms with Gasteiger partial charge in [0.1, 0.15) is 5.75 Å². The van der Waals surface area contributed by atoms with E-state index < -0.39 is 0 Å². The molecule has 0 aliphatic heterocycles. The summed E-state index contributed by atoms with van der Waals surface area (Å²) < 4.78 is 4.91. The number of benzene rings is 2. The van der Waals surface area contributed by atoms with E-state index in [1.807, 2.05) is 0 Å². The van der Waals surface area contributed by atoms with Gasteiger partial charge in [-0.3, -0.25) is 5.43 Å². The van der Waals surface area contributed by atoms with E-state index >= 15 is 0 Å². The van der Waals surface area contributed by atoms with Crippen LogP contribution in [0.3, 0.4) is 0 Å². The number of anilines is 1. The van der Waals surface area contributed by atoms with Gasteiger partial charge in [-0.25, -0.2) is 4.79 Å². The maximum Gasteiger partial charge on any atom is 0.338 e. The van der Waals surface area contributed by atoms with Crippen LogP contribution in [0.2, 0.25) is 10.0 Å². The van der Waals surface area contributed by atoms with Crippen LogP contribution >= 0.6 is 35.4 Å². The first-order valence-electron chi connectivity index (χ1n) is 7.46. The average molecular weight is 412 g/mol. The standard InChI is InChI=1S/C17H15Cl2N3O3S/c1-2-25-16(24)10-3-5-13(6-4-10)21-17(26)22-20-9-11-7-12(18)8-14(19)15(11)23/h3-9,23H,2H2,1H3,(H2,21,22,26). The molecule has 2 rings (SSSR count). The molecule has 9 heteroatoms. The maximum atomic E-state index is 11.6. The normalized spacial score (nSPS) is 10.6. The first kappa shape index (κ1) is 20.0. The Balaban J connectivity index is 1.94. The summed E-state index contributed by atoms with van der Waals surface area (Å²) in [6.07, 6.45) is 1.34. The molecule has 0 saturated carbocycles. The number of carbonyl (C=O) groups is 1. The Bertz CT molecular complexity index is 842. The van der Waals surface area contributed by atoms with Gasteiger partial charge in [0.15, 0.2) is 5.11 Å². The first-order valence-corrected chi connectivity index (χ1v) is 8.62. The lowest BCUT2D eigenvalue weighted by Crippen LogP contribution is -2.23. The van der Waals surface area contributed by atoms with Crippen LogP contribution in [0.1, 0.15) is 22.8 Å². The van der Waals surface area contributed by atoms with Crippen molar-refractivity contribution in [3.8, 4) is 5.75 Å². The van der Waals surface area contributed by atoms with Gasteiger partial charge in [0.05, 0.1) is 23.4 Å². The van der Waals surface area contributed by atoms with Gasteiger partial charge in [0.25, 0.3) is 0 Å². The van der Waals surface area contributed by atoms with Gasteiger partial charge in [-0.15, -0.1) is 0 Å². The van der Waals surface area contributed by atoms with Gasteiger partial charge in [0.2, 0.25) is 0 Å². The number of nitrogens with one attached hydrogen (secondary N) is 2. The largest absolute Gasteiger partial charge is 0.506 e. The van der Waals surface area contributed by atoms with Crippen molar-refractivity contribution in [2.24, 2.45) is 5.10 Å². The maximum absolute atomic E-state index is 11.6. The van der Waals surface area contributed by atoms with E-state index in [0.29, 0.717) is 28.4 Å². The highest BCUT2D eigenvalue weighted by atomic mass is 35.5. The van der Waals surface area contributed by atoms with Crippen LogP contribution in [0.15, 0.2) is 41.5 Å². The minimum Gasteiger partial charge on any atom is -0.506 e. The Morgan fingerprint density at radius 1 is 1.31 bits per heavy atom. The van der Waals surface area contributed by atoms with Crippen molar-refractivity contribution in [2.45, 2.75) is 6.92 Å². The van der Waals surface area contributed by atoms with Crippen molar-refractivity contribution in [2.75, 3.05) is 11.9 Å². The molecule has 0 saturated heterocycles. The van der Waals surface area contributed by atoms with Crippen molar-refractivity contribution in [3.63, 3.8) is 0 Å². The minimum absolute atomic E-state index is 0.126. The van der Waals surface area contributed by atoms with Crippen LogP contribution in [0.4, 0.5) is 5.69 Å². The second kappa shape index (κ2) is 9.38. The third kappa shape index (κ3) is 5.59. The van der Waals surface area contributed by atoms with Gasteiger partial charge in [0, 0.05) is 16.3 Å². The van der Waals surface area contributed by atoms with Gasteiger partial charge >= 0.3 is 5.97 Å². The molecule has 0 spiro atoms. The molecule has 136 valence electrons.